The van der Waals surface area contributed by atoms with Crippen LogP contribution in [0.1, 0.15) is 42.3 Å². The van der Waals surface area contributed by atoms with Crippen LogP contribution in [-0.2, 0) is 5.41 Å². The Labute approximate surface area is 130 Å². The Morgan fingerprint density at radius 2 is 1.71 bits per heavy atom. The highest BCUT2D eigenvalue weighted by molar-refractivity contribution is 6.35. The highest BCUT2D eigenvalue weighted by Crippen LogP contribution is 2.30. The van der Waals surface area contributed by atoms with Crippen LogP contribution in [0.5, 0.6) is 5.75 Å². The molecule has 0 spiro atoms. The van der Waals surface area contributed by atoms with Crippen LogP contribution in [0, 0.1) is 0 Å². The molecule has 3 heteroatoms. The molecule has 0 aliphatic rings. The zero-order valence-electron chi connectivity index (χ0n) is 12.7. The summed E-state index contributed by atoms with van der Waals surface area (Å²) in [4.78, 5) is 12.8. The van der Waals surface area contributed by atoms with Crippen LogP contribution in [0.4, 0.5) is 0 Å². The summed E-state index contributed by atoms with van der Waals surface area (Å²) < 4.78 is 5.12. The molecule has 0 unspecified atom stereocenters. The summed E-state index contributed by atoms with van der Waals surface area (Å²) >= 11 is 6.22. The second kappa shape index (κ2) is 5.90. The second-order valence-corrected chi connectivity index (χ2v) is 6.38. The molecule has 0 saturated heterocycles. The van der Waals surface area contributed by atoms with E-state index < -0.39 is 0 Å². The van der Waals surface area contributed by atoms with Crippen molar-refractivity contribution < 1.29 is 9.53 Å². The number of methoxy groups -OCH3 is 1. The zero-order valence-corrected chi connectivity index (χ0v) is 13.5. The van der Waals surface area contributed by atoms with Gasteiger partial charge >= 0.3 is 0 Å². The molecule has 2 aromatic rings. The Morgan fingerprint density at radius 1 is 1.05 bits per heavy atom. The van der Waals surface area contributed by atoms with Gasteiger partial charge in [-0.1, -0.05) is 56.6 Å². The Kier molecular flexibility index (Phi) is 4.38. The van der Waals surface area contributed by atoms with E-state index in [0.717, 1.165) is 5.56 Å². The van der Waals surface area contributed by atoms with E-state index >= 15 is 0 Å². The average Bonchev–Trinajstić information content (AvgIpc) is 2.45. The first-order chi connectivity index (χ1) is 9.84. The summed E-state index contributed by atoms with van der Waals surface area (Å²) in [6.07, 6.45) is 0. The van der Waals surface area contributed by atoms with Gasteiger partial charge in [-0.25, -0.2) is 0 Å². The molecule has 0 aliphatic heterocycles. The fraction of sp³-hybridized carbons (Fsp3) is 0.278. The average molecular weight is 303 g/mol. The molecule has 0 saturated carbocycles. The number of hydrogen-bond acceptors (Lipinski definition) is 2. The minimum absolute atomic E-state index is 0.0619. The minimum Gasteiger partial charge on any atom is -0.497 e. The molecule has 0 aliphatic carbocycles. The smallest absolute Gasteiger partial charge is 0.194 e. The van der Waals surface area contributed by atoms with Crippen LogP contribution >= 0.6 is 11.6 Å². The molecule has 0 amide bonds. The molecular formula is C18H19ClO2. The number of hydrogen-bond donors (Lipinski definition) is 0. The van der Waals surface area contributed by atoms with Gasteiger partial charge in [0.15, 0.2) is 5.78 Å². The van der Waals surface area contributed by atoms with Crippen molar-refractivity contribution in [1.29, 1.82) is 0 Å². The van der Waals surface area contributed by atoms with Gasteiger partial charge in [-0.05, 0) is 29.2 Å². The molecule has 0 N–H and O–H groups in total. The van der Waals surface area contributed by atoms with E-state index in [1.54, 1.807) is 25.3 Å². The van der Waals surface area contributed by atoms with Crippen molar-refractivity contribution in [2.75, 3.05) is 7.11 Å². The quantitative estimate of drug-likeness (QED) is 0.756. The monoisotopic (exact) mass is 302 g/mol. The lowest BCUT2D eigenvalue weighted by Crippen LogP contribution is -2.17. The van der Waals surface area contributed by atoms with Crippen LogP contribution in [0.2, 0.25) is 5.02 Å². The third-order valence-corrected chi connectivity index (χ3v) is 3.71. The number of ketones is 1. The maximum absolute atomic E-state index is 12.8. The minimum atomic E-state index is -0.106. The van der Waals surface area contributed by atoms with E-state index in [1.807, 2.05) is 24.3 Å². The Bertz CT molecular complexity index is 669. The number of ether oxygens (including phenoxy) is 1. The highest BCUT2D eigenvalue weighted by Gasteiger charge is 2.23. The number of carbonyl (C=O) groups excluding carboxylic acids is 1. The lowest BCUT2D eigenvalue weighted by molar-refractivity contribution is 0.103. The van der Waals surface area contributed by atoms with E-state index in [4.69, 9.17) is 16.3 Å². The van der Waals surface area contributed by atoms with Gasteiger partial charge in [-0.15, -0.1) is 0 Å². The van der Waals surface area contributed by atoms with Crippen molar-refractivity contribution in [3.8, 4) is 5.75 Å². The predicted molar refractivity (Wildman–Crippen MR) is 86.6 cm³/mol. The molecule has 0 fully saturated rings. The van der Waals surface area contributed by atoms with Gasteiger partial charge in [0.1, 0.15) is 5.75 Å². The summed E-state index contributed by atoms with van der Waals surface area (Å²) in [6.45, 7) is 6.28. The fourth-order valence-corrected chi connectivity index (χ4v) is 2.54. The van der Waals surface area contributed by atoms with Gasteiger partial charge in [0, 0.05) is 11.1 Å². The van der Waals surface area contributed by atoms with Gasteiger partial charge in [0.2, 0.25) is 0 Å². The van der Waals surface area contributed by atoms with Crippen molar-refractivity contribution in [3.05, 3.63) is 64.2 Å². The summed E-state index contributed by atoms with van der Waals surface area (Å²) in [5.74, 6) is 0.578. The number of halogens is 1. The molecule has 0 radical (unpaired) electrons. The van der Waals surface area contributed by atoms with Crippen LogP contribution < -0.4 is 4.74 Å². The molecule has 0 aromatic heterocycles. The van der Waals surface area contributed by atoms with Crippen LogP contribution in [0.3, 0.4) is 0 Å². The maximum atomic E-state index is 12.8. The van der Waals surface area contributed by atoms with Gasteiger partial charge < -0.3 is 4.74 Å². The Morgan fingerprint density at radius 3 is 2.29 bits per heavy atom. The molecule has 21 heavy (non-hydrogen) atoms. The van der Waals surface area contributed by atoms with E-state index in [-0.39, 0.29) is 11.2 Å². The molecule has 0 heterocycles. The Balaban J connectivity index is 2.51. The first kappa shape index (κ1) is 15.6. The molecule has 2 rings (SSSR count). The first-order valence-electron chi connectivity index (χ1n) is 6.82. The van der Waals surface area contributed by atoms with E-state index in [2.05, 4.69) is 20.8 Å². The number of benzene rings is 2. The molecule has 110 valence electrons. The third kappa shape index (κ3) is 3.27. The Hall–Kier alpha value is -1.80. The zero-order chi connectivity index (χ0) is 15.6. The van der Waals surface area contributed by atoms with Crippen molar-refractivity contribution in [3.63, 3.8) is 0 Å². The van der Waals surface area contributed by atoms with Crippen molar-refractivity contribution in [1.82, 2.24) is 0 Å². The summed E-state index contributed by atoms with van der Waals surface area (Å²) in [6, 6.07) is 12.8. The van der Waals surface area contributed by atoms with Crippen LogP contribution in [0.25, 0.3) is 0 Å². The lowest BCUT2D eigenvalue weighted by Gasteiger charge is -2.22. The number of carbonyl (C=O) groups is 1. The summed E-state index contributed by atoms with van der Waals surface area (Å²) in [7, 11) is 1.57. The largest absolute Gasteiger partial charge is 0.497 e. The van der Waals surface area contributed by atoms with E-state index in [1.165, 1.54) is 0 Å². The van der Waals surface area contributed by atoms with Crippen LogP contribution in [0.15, 0.2) is 42.5 Å². The summed E-state index contributed by atoms with van der Waals surface area (Å²) in [5.41, 5.74) is 2.10. The topological polar surface area (TPSA) is 26.3 Å². The molecule has 2 nitrogen and oxygen atoms in total. The van der Waals surface area contributed by atoms with Gasteiger partial charge in [-0.2, -0.15) is 0 Å². The third-order valence-electron chi connectivity index (χ3n) is 3.40. The van der Waals surface area contributed by atoms with Crippen LogP contribution in [-0.4, -0.2) is 12.9 Å². The molecular weight excluding hydrogens is 284 g/mol. The highest BCUT2D eigenvalue weighted by atomic mass is 35.5. The van der Waals surface area contributed by atoms with Gasteiger partial charge in [0.25, 0.3) is 0 Å². The maximum Gasteiger partial charge on any atom is 0.194 e. The number of rotatable bonds is 3. The molecule has 0 atom stereocenters. The van der Waals surface area contributed by atoms with E-state index in [9.17, 15) is 4.79 Å². The second-order valence-electron chi connectivity index (χ2n) is 5.97. The van der Waals surface area contributed by atoms with Crippen molar-refractivity contribution >= 4 is 17.4 Å². The summed E-state index contributed by atoms with van der Waals surface area (Å²) in [5, 5.41) is 0.406. The SMILES string of the molecule is COc1ccc(C(=O)c2ccccc2C(C)(C)C)c(Cl)c1. The normalized spacial score (nSPS) is 11.3. The molecule has 0 bridgehead atoms. The lowest BCUT2D eigenvalue weighted by atomic mass is 9.82. The van der Waals surface area contributed by atoms with Crippen molar-refractivity contribution in [2.24, 2.45) is 0 Å². The standard InChI is InChI=1S/C18H19ClO2/c1-18(2,3)15-8-6-5-7-13(15)17(20)14-10-9-12(21-4)11-16(14)19/h5-11H,1-4H3. The fourth-order valence-electron chi connectivity index (χ4n) is 2.29. The van der Waals surface area contributed by atoms with Gasteiger partial charge in [0.05, 0.1) is 12.1 Å². The molecule has 2 aromatic carbocycles. The predicted octanol–water partition coefficient (Wildman–Crippen LogP) is 4.88. The first-order valence-corrected chi connectivity index (χ1v) is 7.20. The van der Waals surface area contributed by atoms with Gasteiger partial charge in [-0.3, -0.25) is 4.79 Å². The van der Waals surface area contributed by atoms with Crippen molar-refractivity contribution in [2.45, 2.75) is 26.2 Å². The van der Waals surface area contributed by atoms with E-state index in [0.29, 0.717) is 21.9 Å².